The number of ether oxygens (including phenoxy) is 1. The molecular formula is C21H30N2O2. The van der Waals surface area contributed by atoms with Crippen LogP contribution in [0.5, 0.6) is 5.75 Å². The van der Waals surface area contributed by atoms with Gasteiger partial charge in [-0.05, 0) is 31.2 Å². The number of carbonyl (C=O) groups excluding carboxylic acids is 1. The topological polar surface area (TPSA) is 41.6 Å². The first kappa shape index (κ1) is 18.0. The molecule has 1 aliphatic heterocycles. The van der Waals surface area contributed by atoms with Gasteiger partial charge in [-0.3, -0.25) is 4.79 Å². The highest BCUT2D eigenvalue weighted by Gasteiger charge is 2.37. The van der Waals surface area contributed by atoms with Crippen LogP contribution in [0.4, 0.5) is 0 Å². The lowest BCUT2D eigenvalue weighted by Crippen LogP contribution is -2.51. The van der Waals surface area contributed by atoms with E-state index in [1.165, 1.54) is 0 Å². The second kappa shape index (κ2) is 8.52. The van der Waals surface area contributed by atoms with Crippen molar-refractivity contribution in [3.05, 3.63) is 35.9 Å². The number of nitrogens with zero attached hydrogens (tertiary/aromatic N) is 1. The van der Waals surface area contributed by atoms with E-state index in [1.54, 1.807) is 7.11 Å². The Morgan fingerprint density at radius 2 is 2.12 bits per heavy atom. The van der Waals surface area contributed by atoms with Crippen LogP contribution in [0.1, 0.15) is 38.2 Å². The molecule has 0 aromatic heterocycles. The zero-order chi connectivity index (χ0) is 17.6. The van der Waals surface area contributed by atoms with Crippen molar-refractivity contribution in [1.29, 1.82) is 0 Å². The molecule has 0 spiro atoms. The number of hydrogen-bond donors (Lipinski definition) is 1. The van der Waals surface area contributed by atoms with Gasteiger partial charge in [-0.1, -0.05) is 43.7 Å². The number of para-hydroxylation sites is 1. The summed E-state index contributed by atoms with van der Waals surface area (Å²) in [5.41, 5.74) is 1.10. The Morgan fingerprint density at radius 1 is 1.32 bits per heavy atom. The Hall–Kier alpha value is -1.81. The van der Waals surface area contributed by atoms with Gasteiger partial charge in [0, 0.05) is 37.2 Å². The van der Waals surface area contributed by atoms with E-state index in [9.17, 15) is 4.79 Å². The molecule has 136 valence electrons. The van der Waals surface area contributed by atoms with E-state index in [2.05, 4.69) is 35.4 Å². The number of piperidine rings is 1. The van der Waals surface area contributed by atoms with Gasteiger partial charge < -0.3 is 15.0 Å². The SMILES string of the molecule is CCC1CN(C(=O)C2CC2)CCC1NC/C=C/c1ccccc1OC. The molecule has 1 saturated carbocycles. The fraction of sp³-hybridized carbons (Fsp3) is 0.571. The number of nitrogens with one attached hydrogen (secondary N) is 1. The summed E-state index contributed by atoms with van der Waals surface area (Å²) in [6.45, 7) is 4.89. The van der Waals surface area contributed by atoms with E-state index in [0.29, 0.717) is 23.8 Å². The van der Waals surface area contributed by atoms with Crippen molar-refractivity contribution in [2.75, 3.05) is 26.7 Å². The summed E-state index contributed by atoms with van der Waals surface area (Å²) in [5, 5.41) is 3.67. The van der Waals surface area contributed by atoms with E-state index in [4.69, 9.17) is 4.74 Å². The Bertz CT molecular complexity index is 610. The molecule has 25 heavy (non-hydrogen) atoms. The number of benzene rings is 1. The Morgan fingerprint density at radius 3 is 2.84 bits per heavy atom. The van der Waals surface area contributed by atoms with Gasteiger partial charge in [-0.15, -0.1) is 0 Å². The summed E-state index contributed by atoms with van der Waals surface area (Å²) in [4.78, 5) is 14.4. The molecule has 1 saturated heterocycles. The number of methoxy groups -OCH3 is 1. The fourth-order valence-corrected chi connectivity index (χ4v) is 3.71. The molecule has 2 aliphatic rings. The molecule has 1 amide bonds. The lowest BCUT2D eigenvalue weighted by molar-refractivity contribution is -0.134. The zero-order valence-electron chi connectivity index (χ0n) is 15.4. The molecule has 2 fully saturated rings. The minimum absolute atomic E-state index is 0.339. The number of likely N-dealkylation sites (tertiary alicyclic amines) is 1. The molecule has 2 atom stereocenters. The summed E-state index contributed by atoms with van der Waals surface area (Å²) < 4.78 is 5.38. The molecule has 1 aromatic rings. The van der Waals surface area contributed by atoms with Crippen molar-refractivity contribution in [3.63, 3.8) is 0 Å². The Balaban J connectivity index is 1.49. The van der Waals surface area contributed by atoms with Gasteiger partial charge in [0.05, 0.1) is 7.11 Å². The van der Waals surface area contributed by atoms with Gasteiger partial charge in [0.25, 0.3) is 0 Å². The van der Waals surface area contributed by atoms with Crippen LogP contribution in [0.2, 0.25) is 0 Å². The second-order valence-electron chi connectivity index (χ2n) is 7.17. The quantitative estimate of drug-likeness (QED) is 0.826. The minimum Gasteiger partial charge on any atom is -0.496 e. The van der Waals surface area contributed by atoms with E-state index in [-0.39, 0.29) is 0 Å². The highest BCUT2D eigenvalue weighted by molar-refractivity contribution is 5.81. The van der Waals surface area contributed by atoms with Gasteiger partial charge >= 0.3 is 0 Å². The maximum atomic E-state index is 12.3. The van der Waals surface area contributed by atoms with Crippen molar-refractivity contribution >= 4 is 12.0 Å². The van der Waals surface area contributed by atoms with Crippen LogP contribution < -0.4 is 10.1 Å². The van der Waals surface area contributed by atoms with Crippen molar-refractivity contribution in [2.24, 2.45) is 11.8 Å². The van der Waals surface area contributed by atoms with Crippen LogP contribution >= 0.6 is 0 Å². The molecule has 1 heterocycles. The monoisotopic (exact) mass is 342 g/mol. The predicted molar refractivity (Wildman–Crippen MR) is 102 cm³/mol. The molecule has 1 aromatic carbocycles. The van der Waals surface area contributed by atoms with Crippen LogP contribution in [0.15, 0.2) is 30.3 Å². The highest BCUT2D eigenvalue weighted by Crippen LogP contribution is 2.33. The molecule has 2 unspecified atom stereocenters. The molecule has 4 heteroatoms. The summed E-state index contributed by atoms with van der Waals surface area (Å²) in [7, 11) is 1.70. The lowest BCUT2D eigenvalue weighted by atomic mass is 9.89. The third kappa shape index (κ3) is 4.63. The van der Waals surface area contributed by atoms with Gasteiger partial charge in [-0.2, -0.15) is 0 Å². The molecular weight excluding hydrogens is 312 g/mol. The summed E-state index contributed by atoms with van der Waals surface area (Å²) >= 11 is 0. The van der Waals surface area contributed by atoms with Crippen molar-refractivity contribution < 1.29 is 9.53 Å². The first-order valence-electron chi connectivity index (χ1n) is 9.54. The summed E-state index contributed by atoms with van der Waals surface area (Å²) in [5.74, 6) is 2.19. The first-order valence-corrected chi connectivity index (χ1v) is 9.54. The van der Waals surface area contributed by atoms with Gasteiger partial charge in [0.1, 0.15) is 5.75 Å². The second-order valence-corrected chi connectivity index (χ2v) is 7.17. The van der Waals surface area contributed by atoms with E-state index in [0.717, 1.165) is 56.6 Å². The maximum absolute atomic E-state index is 12.3. The van der Waals surface area contributed by atoms with Crippen molar-refractivity contribution in [3.8, 4) is 5.75 Å². The molecule has 3 rings (SSSR count). The van der Waals surface area contributed by atoms with Gasteiger partial charge in [-0.25, -0.2) is 0 Å². The first-order chi connectivity index (χ1) is 12.2. The molecule has 1 N–H and O–H groups in total. The minimum atomic E-state index is 0.339. The third-order valence-electron chi connectivity index (χ3n) is 5.43. The maximum Gasteiger partial charge on any atom is 0.225 e. The largest absolute Gasteiger partial charge is 0.496 e. The molecule has 1 aliphatic carbocycles. The van der Waals surface area contributed by atoms with Gasteiger partial charge in [0.15, 0.2) is 0 Å². The molecule has 0 radical (unpaired) electrons. The zero-order valence-corrected chi connectivity index (χ0v) is 15.4. The summed E-state index contributed by atoms with van der Waals surface area (Å²) in [6, 6.07) is 8.54. The van der Waals surface area contributed by atoms with E-state index in [1.807, 2.05) is 18.2 Å². The van der Waals surface area contributed by atoms with Gasteiger partial charge in [0.2, 0.25) is 5.91 Å². The highest BCUT2D eigenvalue weighted by atomic mass is 16.5. The average molecular weight is 342 g/mol. The predicted octanol–water partition coefficient (Wildman–Crippen LogP) is 3.34. The Labute approximate surface area is 151 Å². The number of rotatable bonds is 7. The van der Waals surface area contributed by atoms with Crippen LogP contribution in [-0.4, -0.2) is 43.6 Å². The van der Waals surface area contributed by atoms with E-state index >= 15 is 0 Å². The standard InChI is InChI=1S/C21H30N2O2/c1-3-16-15-23(21(24)18-10-11-18)14-12-19(16)22-13-6-8-17-7-4-5-9-20(17)25-2/h4-9,16,18-19,22H,3,10-15H2,1-2H3/b8-6+. The van der Waals surface area contributed by atoms with Crippen LogP contribution in [-0.2, 0) is 4.79 Å². The average Bonchev–Trinajstić information content (AvgIpc) is 3.50. The number of hydrogen-bond acceptors (Lipinski definition) is 3. The number of amides is 1. The Kier molecular flexibility index (Phi) is 6.14. The van der Waals surface area contributed by atoms with Crippen LogP contribution in [0, 0.1) is 11.8 Å². The molecule has 4 nitrogen and oxygen atoms in total. The third-order valence-corrected chi connectivity index (χ3v) is 5.43. The van der Waals surface area contributed by atoms with Crippen LogP contribution in [0.25, 0.3) is 6.08 Å². The van der Waals surface area contributed by atoms with E-state index < -0.39 is 0 Å². The summed E-state index contributed by atoms with van der Waals surface area (Å²) in [6.07, 6.45) is 8.63. The van der Waals surface area contributed by atoms with Crippen LogP contribution in [0.3, 0.4) is 0 Å². The normalized spacial score (nSPS) is 23.8. The lowest BCUT2D eigenvalue weighted by Gasteiger charge is -2.38. The fourth-order valence-electron chi connectivity index (χ4n) is 3.71. The number of carbonyl (C=O) groups is 1. The molecule has 0 bridgehead atoms. The van der Waals surface area contributed by atoms with Crippen molar-refractivity contribution in [2.45, 2.75) is 38.6 Å². The van der Waals surface area contributed by atoms with Crippen molar-refractivity contribution in [1.82, 2.24) is 10.2 Å². The smallest absolute Gasteiger partial charge is 0.225 e.